The summed E-state index contributed by atoms with van der Waals surface area (Å²) in [5.41, 5.74) is 0. The van der Waals surface area contributed by atoms with Crippen molar-refractivity contribution in [2.45, 2.75) is 90.7 Å². The quantitative estimate of drug-likeness (QED) is 0.816. The molecular weight excluding hydrogens is 296 g/mol. The fourth-order valence-corrected chi connectivity index (χ4v) is 4.17. The zero-order valence-corrected chi connectivity index (χ0v) is 16.6. The molecule has 24 heavy (non-hydrogen) atoms. The van der Waals surface area contributed by atoms with Crippen LogP contribution in [0.15, 0.2) is 0 Å². The minimum atomic E-state index is -0.0324. The van der Waals surface area contributed by atoms with Gasteiger partial charge < -0.3 is 14.9 Å². The largest absolute Gasteiger partial charge is 0.393 e. The Morgan fingerprint density at radius 1 is 0.875 bits per heavy atom. The van der Waals surface area contributed by atoms with Crippen molar-refractivity contribution in [3.05, 3.63) is 0 Å². The molecule has 2 heterocycles. The van der Waals surface area contributed by atoms with Gasteiger partial charge in [0.15, 0.2) is 0 Å². The van der Waals surface area contributed by atoms with Gasteiger partial charge in [0.2, 0.25) is 0 Å². The van der Waals surface area contributed by atoms with Crippen molar-refractivity contribution in [2.24, 2.45) is 11.8 Å². The van der Waals surface area contributed by atoms with Gasteiger partial charge in [-0.2, -0.15) is 0 Å². The molecule has 3 aliphatic rings. The molecule has 1 N–H and O–H groups in total. The summed E-state index contributed by atoms with van der Waals surface area (Å²) >= 11 is 0. The van der Waals surface area contributed by atoms with Crippen molar-refractivity contribution in [3.8, 4) is 0 Å². The van der Waals surface area contributed by atoms with Crippen LogP contribution in [0.2, 0.25) is 0 Å². The SMILES string of the molecule is CC(C)N1CCC(O)CC1.CCC1CCN(CCC2CCC2)CC1. The van der Waals surface area contributed by atoms with Gasteiger partial charge in [-0.05, 0) is 77.4 Å². The zero-order chi connectivity index (χ0) is 17.4. The standard InChI is InChI=1S/C13H25N.C8H17NO/c1-2-12-6-9-14(10-7-12)11-8-13-4-3-5-13;1-7(2)9-5-3-8(10)4-6-9/h12-13H,2-11H2,1H3;7-8,10H,3-6H2,1-2H3. The molecular formula is C21H42N2O. The van der Waals surface area contributed by atoms with E-state index in [-0.39, 0.29) is 6.10 Å². The second-order valence-electron chi connectivity index (χ2n) is 8.64. The molecule has 142 valence electrons. The van der Waals surface area contributed by atoms with E-state index in [1.165, 1.54) is 64.6 Å². The van der Waals surface area contributed by atoms with Crippen LogP contribution in [0.25, 0.3) is 0 Å². The Morgan fingerprint density at radius 3 is 1.96 bits per heavy atom. The van der Waals surface area contributed by atoms with Crippen LogP contribution in [0, 0.1) is 11.8 Å². The van der Waals surface area contributed by atoms with Crippen LogP contribution in [0.3, 0.4) is 0 Å². The molecule has 0 bridgehead atoms. The Kier molecular flexibility index (Phi) is 9.07. The molecule has 0 amide bonds. The number of hydrogen-bond donors (Lipinski definition) is 1. The fraction of sp³-hybridized carbons (Fsp3) is 1.00. The Hall–Kier alpha value is -0.120. The summed E-state index contributed by atoms with van der Waals surface area (Å²) in [6, 6.07) is 0.646. The van der Waals surface area contributed by atoms with Crippen molar-refractivity contribution in [3.63, 3.8) is 0 Å². The first-order valence-corrected chi connectivity index (χ1v) is 10.7. The second-order valence-corrected chi connectivity index (χ2v) is 8.64. The van der Waals surface area contributed by atoms with Crippen LogP contribution in [0.5, 0.6) is 0 Å². The average Bonchev–Trinajstić information content (AvgIpc) is 2.55. The fourth-order valence-electron chi connectivity index (χ4n) is 4.17. The first-order chi connectivity index (χ1) is 11.6. The topological polar surface area (TPSA) is 26.7 Å². The van der Waals surface area contributed by atoms with Crippen LogP contribution in [-0.4, -0.2) is 59.8 Å². The summed E-state index contributed by atoms with van der Waals surface area (Å²) in [6.07, 6.45) is 12.2. The van der Waals surface area contributed by atoms with Gasteiger partial charge in [0.25, 0.3) is 0 Å². The van der Waals surface area contributed by atoms with E-state index in [1.807, 2.05) is 0 Å². The third-order valence-electron chi connectivity index (χ3n) is 6.59. The highest BCUT2D eigenvalue weighted by Gasteiger charge is 2.21. The van der Waals surface area contributed by atoms with E-state index < -0.39 is 0 Å². The highest BCUT2D eigenvalue weighted by atomic mass is 16.3. The lowest BCUT2D eigenvalue weighted by Crippen LogP contribution is -2.39. The Morgan fingerprint density at radius 2 is 1.50 bits per heavy atom. The summed E-state index contributed by atoms with van der Waals surface area (Å²) in [7, 11) is 0. The summed E-state index contributed by atoms with van der Waals surface area (Å²) in [5.74, 6) is 2.13. The lowest BCUT2D eigenvalue weighted by molar-refractivity contribution is 0.0685. The maximum absolute atomic E-state index is 9.18. The maximum Gasteiger partial charge on any atom is 0.0564 e. The first-order valence-electron chi connectivity index (χ1n) is 10.7. The molecule has 0 radical (unpaired) electrons. The number of aliphatic hydroxyl groups excluding tert-OH is 1. The number of aliphatic hydroxyl groups is 1. The first kappa shape index (κ1) is 20.2. The monoisotopic (exact) mass is 338 g/mol. The minimum absolute atomic E-state index is 0.0324. The number of piperidine rings is 2. The minimum Gasteiger partial charge on any atom is -0.393 e. The van der Waals surface area contributed by atoms with Gasteiger partial charge in [-0.1, -0.05) is 32.6 Å². The van der Waals surface area contributed by atoms with Crippen LogP contribution >= 0.6 is 0 Å². The smallest absolute Gasteiger partial charge is 0.0564 e. The molecule has 3 nitrogen and oxygen atoms in total. The highest BCUT2D eigenvalue weighted by molar-refractivity contribution is 4.75. The second kappa shape index (κ2) is 10.8. The summed E-state index contributed by atoms with van der Waals surface area (Å²) in [5, 5.41) is 9.18. The molecule has 3 fully saturated rings. The van der Waals surface area contributed by atoms with E-state index in [2.05, 4.69) is 30.6 Å². The summed E-state index contributed by atoms with van der Waals surface area (Å²) < 4.78 is 0. The molecule has 0 unspecified atom stereocenters. The highest BCUT2D eigenvalue weighted by Crippen LogP contribution is 2.30. The van der Waals surface area contributed by atoms with Gasteiger partial charge in [-0.3, -0.25) is 0 Å². The normalized spacial score (nSPS) is 25.4. The lowest BCUT2D eigenvalue weighted by Gasteiger charge is -2.34. The van der Waals surface area contributed by atoms with Crippen molar-refractivity contribution in [1.82, 2.24) is 9.80 Å². The molecule has 1 saturated carbocycles. The molecule has 0 aromatic rings. The number of hydrogen-bond acceptors (Lipinski definition) is 3. The third kappa shape index (κ3) is 7.01. The number of rotatable bonds is 5. The number of likely N-dealkylation sites (tertiary alicyclic amines) is 2. The van der Waals surface area contributed by atoms with Gasteiger partial charge in [0.1, 0.15) is 0 Å². The molecule has 1 aliphatic carbocycles. The van der Waals surface area contributed by atoms with Gasteiger partial charge in [-0.15, -0.1) is 0 Å². The zero-order valence-electron chi connectivity index (χ0n) is 16.6. The third-order valence-corrected chi connectivity index (χ3v) is 6.59. The Balaban J connectivity index is 0.000000185. The predicted molar refractivity (Wildman–Crippen MR) is 103 cm³/mol. The van der Waals surface area contributed by atoms with Crippen molar-refractivity contribution in [2.75, 3.05) is 32.7 Å². The van der Waals surface area contributed by atoms with Crippen molar-refractivity contribution >= 4 is 0 Å². The van der Waals surface area contributed by atoms with Crippen LogP contribution in [0.1, 0.15) is 78.6 Å². The molecule has 3 heteroatoms. The average molecular weight is 339 g/mol. The van der Waals surface area contributed by atoms with Gasteiger partial charge >= 0.3 is 0 Å². The molecule has 0 aromatic heterocycles. The van der Waals surface area contributed by atoms with E-state index in [0.29, 0.717) is 6.04 Å². The van der Waals surface area contributed by atoms with E-state index >= 15 is 0 Å². The molecule has 0 aromatic carbocycles. The van der Waals surface area contributed by atoms with E-state index in [1.54, 1.807) is 0 Å². The van der Waals surface area contributed by atoms with Crippen LogP contribution in [0.4, 0.5) is 0 Å². The molecule has 0 spiro atoms. The Bertz CT molecular complexity index is 314. The molecule has 3 rings (SSSR count). The maximum atomic E-state index is 9.18. The predicted octanol–water partition coefficient (Wildman–Crippen LogP) is 4.15. The van der Waals surface area contributed by atoms with Gasteiger partial charge in [-0.25, -0.2) is 0 Å². The summed E-state index contributed by atoms with van der Waals surface area (Å²) in [6.45, 7) is 13.0. The molecule has 2 aliphatic heterocycles. The van der Waals surface area contributed by atoms with Crippen LogP contribution < -0.4 is 0 Å². The van der Waals surface area contributed by atoms with Crippen molar-refractivity contribution < 1.29 is 5.11 Å². The van der Waals surface area contributed by atoms with Gasteiger partial charge in [0.05, 0.1) is 6.10 Å². The lowest BCUT2D eigenvalue weighted by atomic mass is 9.82. The molecule has 0 atom stereocenters. The number of nitrogens with zero attached hydrogens (tertiary/aromatic N) is 2. The van der Waals surface area contributed by atoms with E-state index in [0.717, 1.165) is 37.8 Å². The van der Waals surface area contributed by atoms with E-state index in [9.17, 15) is 5.11 Å². The summed E-state index contributed by atoms with van der Waals surface area (Å²) in [4.78, 5) is 5.11. The Labute approximate surface area is 150 Å². The van der Waals surface area contributed by atoms with Crippen LogP contribution in [-0.2, 0) is 0 Å². The van der Waals surface area contributed by atoms with Gasteiger partial charge in [0, 0.05) is 19.1 Å². The van der Waals surface area contributed by atoms with E-state index in [4.69, 9.17) is 0 Å². The molecule has 2 saturated heterocycles. The van der Waals surface area contributed by atoms with Crippen molar-refractivity contribution in [1.29, 1.82) is 0 Å².